The number of esters is 1. The number of aromatic nitrogens is 5. The highest BCUT2D eigenvalue weighted by Crippen LogP contribution is 2.35. The first-order valence-corrected chi connectivity index (χ1v) is 13.7. The van der Waals surface area contributed by atoms with E-state index >= 15 is 0 Å². The highest BCUT2D eigenvalue weighted by atomic mass is 32.1. The Balaban J connectivity index is 1.51. The van der Waals surface area contributed by atoms with Gasteiger partial charge in [0.2, 0.25) is 0 Å². The number of fused-ring (bicyclic) bond motifs is 3. The van der Waals surface area contributed by atoms with Crippen molar-refractivity contribution in [1.82, 2.24) is 24.5 Å². The van der Waals surface area contributed by atoms with Gasteiger partial charge in [0.15, 0.2) is 11.6 Å². The number of hydrogen-bond donors (Lipinski definition) is 1. The lowest BCUT2D eigenvalue weighted by atomic mass is 9.97. The Hall–Kier alpha value is -4.58. The average molecular weight is 559 g/mol. The fourth-order valence-electron chi connectivity index (χ4n) is 5.06. The molecule has 0 radical (unpaired) electrons. The quantitative estimate of drug-likeness (QED) is 0.304. The first-order chi connectivity index (χ1) is 19.3. The molecule has 0 spiro atoms. The second kappa shape index (κ2) is 10.2. The van der Waals surface area contributed by atoms with Gasteiger partial charge in [0.05, 0.1) is 6.20 Å². The Morgan fingerprint density at radius 3 is 2.80 bits per heavy atom. The summed E-state index contributed by atoms with van der Waals surface area (Å²) in [5.41, 5.74) is 2.69. The second-order valence-corrected chi connectivity index (χ2v) is 10.9. The molecule has 12 heteroatoms. The maximum Gasteiger partial charge on any atom is 0.302 e. The van der Waals surface area contributed by atoms with E-state index in [9.17, 15) is 14.4 Å². The number of anilines is 2. The van der Waals surface area contributed by atoms with Crippen molar-refractivity contribution < 1.29 is 14.1 Å². The third kappa shape index (κ3) is 4.60. The van der Waals surface area contributed by atoms with Gasteiger partial charge >= 0.3 is 5.97 Å². The van der Waals surface area contributed by atoms with Crippen molar-refractivity contribution in [2.75, 3.05) is 5.32 Å². The van der Waals surface area contributed by atoms with Crippen molar-refractivity contribution in [3.8, 4) is 16.9 Å². The van der Waals surface area contributed by atoms with Crippen LogP contribution in [0.15, 0.2) is 50.9 Å². The van der Waals surface area contributed by atoms with Crippen LogP contribution in [-0.4, -0.2) is 30.5 Å². The molecule has 1 N–H and O–H groups in total. The van der Waals surface area contributed by atoms with Crippen LogP contribution in [0.4, 0.5) is 11.5 Å². The number of nitrogens with one attached hydrogen (secondary N) is 1. The number of nitrogens with zero attached hydrogens (tertiary/aromatic N) is 5. The molecule has 5 aromatic heterocycles. The number of carbonyl (C=O) groups excluding carboxylic acids is 1. The highest BCUT2D eigenvalue weighted by molar-refractivity contribution is 7.19. The molecule has 0 unspecified atom stereocenters. The Labute approximate surface area is 232 Å². The molecule has 0 fully saturated rings. The third-order valence-corrected chi connectivity index (χ3v) is 8.24. The summed E-state index contributed by atoms with van der Waals surface area (Å²) in [6.45, 7) is 2.93. The Morgan fingerprint density at radius 1 is 1.20 bits per heavy atom. The molecule has 0 aliphatic heterocycles. The number of pyridine rings is 2. The van der Waals surface area contributed by atoms with E-state index in [1.54, 1.807) is 50.8 Å². The number of rotatable bonds is 6. The van der Waals surface area contributed by atoms with Gasteiger partial charge < -0.3 is 19.1 Å². The van der Waals surface area contributed by atoms with E-state index in [0.29, 0.717) is 33.0 Å². The minimum Gasteiger partial charge on any atom is -0.461 e. The lowest BCUT2D eigenvalue weighted by Gasteiger charge is -2.16. The molecule has 0 amide bonds. The summed E-state index contributed by atoms with van der Waals surface area (Å²) in [5.74, 6) is 0.767. The van der Waals surface area contributed by atoms with Gasteiger partial charge in [0.25, 0.3) is 11.1 Å². The van der Waals surface area contributed by atoms with E-state index in [4.69, 9.17) is 9.26 Å². The zero-order valence-corrected chi connectivity index (χ0v) is 23.0. The topological polar surface area (TPSA) is 134 Å². The van der Waals surface area contributed by atoms with Gasteiger partial charge in [0, 0.05) is 53.8 Å². The minimum absolute atomic E-state index is 0.144. The van der Waals surface area contributed by atoms with Gasteiger partial charge in [-0.1, -0.05) is 5.16 Å². The standard InChI is InChI=1S/C28H26N6O5S/c1-15-10-24(32-39-15)31-22-11-17(13-33(3)27(22)36)18-8-9-29-26(21(18)14-38-16(2)35)34-28(37)25-20(12-30-34)19-6-4-5-7-23(19)40-25/h8-13H,4-7,14H2,1-3H3,(H,31,32). The SMILES string of the molecule is CC(=O)OCc1c(-c2cc(Nc3cc(C)on3)c(=O)n(C)c2)ccnc1-n1ncc2c3c(sc2c1=O)CCCC3. The molecule has 40 heavy (non-hydrogen) atoms. The van der Waals surface area contributed by atoms with Crippen LogP contribution in [0.1, 0.15) is 41.5 Å². The van der Waals surface area contributed by atoms with E-state index in [-0.39, 0.29) is 29.2 Å². The molecule has 0 atom stereocenters. The van der Waals surface area contributed by atoms with Crippen molar-refractivity contribution in [1.29, 1.82) is 0 Å². The summed E-state index contributed by atoms with van der Waals surface area (Å²) < 4.78 is 13.9. The summed E-state index contributed by atoms with van der Waals surface area (Å²) >= 11 is 1.52. The Bertz CT molecular complexity index is 1900. The van der Waals surface area contributed by atoms with Crippen LogP contribution in [0.25, 0.3) is 27.0 Å². The minimum atomic E-state index is -0.480. The van der Waals surface area contributed by atoms with Crippen molar-refractivity contribution in [2.45, 2.75) is 46.1 Å². The van der Waals surface area contributed by atoms with Gasteiger partial charge in [-0.25, -0.2) is 4.98 Å². The smallest absolute Gasteiger partial charge is 0.302 e. The van der Waals surface area contributed by atoms with Crippen LogP contribution in [0, 0.1) is 6.92 Å². The zero-order chi connectivity index (χ0) is 28.0. The molecule has 204 valence electrons. The van der Waals surface area contributed by atoms with Gasteiger partial charge in [-0.2, -0.15) is 9.78 Å². The summed E-state index contributed by atoms with van der Waals surface area (Å²) in [5, 5.41) is 12.3. The van der Waals surface area contributed by atoms with Crippen LogP contribution in [-0.2, 0) is 36.0 Å². The summed E-state index contributed by atoms with van der Waals surface area (Å²) in [6.07, 6.45) is 9.10. The van der Waals surface area contributed by atoms with Crippen LogP contribution < -0.4 is 16.4 Å². The predicted octanol–water partition coefficient (Wildman–Crippen LogP) is 4.19. The molecule has 5 heterocycles. The average Bonchev–Trinajstić information content (AvgIpc) is 3.53. The van der Waals surface area contributed by atoms with Crippen molar-refractivity contribution in [3.63, 3.8) is 0 Å². The zero-order valence-electron chi connectivity index (χ0n) is 22.2. The van der Waals surface area contributed by atoms with Crippen LogP contribution >= 0.6 is 11.3 Å². The molecule has 0 aromatic carbocycles. The summed E-state index contributed by atoms with van der Waals surface area (Å²) in [4.78, 5) is 44.2. The number of carbonyl (C=O) groups is 1. The molecular formula is C28H26N6O5S. The van der Waals surface area contributed by atoms with Gasteiger partial charge in [-0.3, -0.25) is 14.4 Å². The van der Waals surface area contributed by atoms with Crippen LogP contribution in [0.2, 0.25) is 0 Å². The molecule has 1 aliphatic rings. The van der Waals surface area contributed by atoms with Crippen LogP contribution in [0.3, 0.4) is 0 Å². The lowest BCUT2D eigenvalue weighted by Crippen LogP contribution is -2.23. The Kier molecular flexibility index (Phi) is 6.54. The normalized spacial score (nSPS) is 12.9. The lowest BCUT2D eigenvalue weighted by molar-refractivity contribution is -0.142. The van der Waals surface area contributed by atoms with Crippen molar-refractivity contribution in [2.24, 2.45) is 7.05 Å². The molecule has 0 bridgehead atoms. The number of ether oxygens (including phenoxy) is 1. The first kappa shape index (κ1) is 25.7. The fourth-order valence-corrected chi connectivity index (χ4v) is 6.35. The molecule has 5 aromatic rings. The van der Waals surface area contributed by atoms with E-state index in [0.717, 1.165) is 31.1 Å². The molecule has 0 saturated carbocycles. The largest absolute Gasteiger partial charge is 0.461 e. The van der Waals surface area contributed by atoms with Gasteiger partial charge in [0.1, 0.15) is 22.8 Å². The Morgan fingerprint density at radius 2 is 2.02 bits per heavy atom. The number of hydrogen-bond acceptors (Lipinski definition) is 10. The summed E-state index contributed by atoms with van der Waals surface area (Å²) in [6, 6.07) is 5.11. The van der Waals surface area contributed by atoms with Gasteiger partial charge in [-0.15, -0.1) is 11.3 Å². The summed E-state index contributed by atoms with van der Waals surface area (Å²) in [7, 11) is 1.64. The second-order valence-electron chi connectivity index (χ2n) is 9.76. The van der Waals surface area contributed by atoms with E-state index in [1.807, 2.05) is 0 Å². The number of aryl methyl sites for hydroxylation is 4. The van der Waals surface area contributed by atoms with Crippen molar-refractivity contribution in [3.05, 3.63) is 79.3 Å². The third-order valence-electron chi connectivity index (χ3n) is 6.94. The predicted molar refractivity (Wildman–Crippen MR) is 150 cm³/mol. The molecule has 1 aliphatic carbocycles. The maximum atomic E-state index is 13.7. The number of thiophene rings is 1. The maximum absolute atomic E-state index is 13.7. The molecule has 0 saturated heterocycles. The van der Waals surface area contributed by atoms with E-state index < -0.39 is 5.97 Å². The van der Waals surface area contributed by atoms with Gasteiger partial charge in [-0.05, 0) is 55.9 Å². The fraction of sp³-hybridized carbons (Fsp3) is 0.286. The molecular weight excluding hydrogens is 532 g/mol. The molecule has 11 nitrogen and oxygen atoms in total. The van der Waals surface area contributed by atoms with E-state index in [1.165, 1.54) is 38.0 Å². The first-order valence-electron chi connectivity index (χ1n) is 12.9. The highest BCUT2D eigenvalue weighted by Gasteiger charge is 2.22. The molecule has 6 rings (SSSR count). The van der Waals surface area contributed by atoms with E-state index in [2.05, 4.69) is 20.6 Å². The van der Waals surface area contributed by atoms with Crippen molar-refractivity contribution >= 4 is 38.9 Å². The van der Waals surface area contributed by atoms with Crippen LogP contribution in [0.5, 0.6) is 0 Å². The monoisotopic (exact) mass is 558 g/mol.